The molecule has 1 rings (SSSR count). The Morgan fingerprint density at radius 2 is 1.95 bits per heavy atom. The molecule has 4 nitrogen and oxygen atoms in total. The molecule has 1 saturated heterocycles. The van der Waals surface area contributed by atoms with E-state index in [0.29, 0.717) is 13.0 Å². The van der Waals surface area contributed by atoms with Crippen molar-refractivity contribution in [1.29, 1.82) is 0 Å². The van der Waals surface area contributed by atoms with E-state index in [2.05, 4.69) is 27.7 Å². The number of aliphatic carboxylic acids is 1. The van der Waals surface area contributed by atoms with E-state index < -0.39 is 12.0 Å². The van der Waals surface area contributed by atoms with Crippen LogP contribution in [0.4, 0.5) is 0 Å². The molecule has 0 aromatic heterocycles. The number of likely N-dealkylation sites (tertiary alicyclic amines) is 1. The number of nitrogens with zero attached hydrogens (tertiary/aromatic N) is 1. The number of carboxylic acid groups (broad SMARTS) is 1. The third kappa shape index (κ3) is 4.51. The molecule has 0 saturated carbocycles. The second-order valence-corrected chi connectivity index (χ2v) is 7.21. The van der Waals surface area contributed by atoms with E-state index in [1.165, 1.54) is 0 Å². The minimum Gasteiger partial charge on any atom is -0.480 e. The average Bonchev–Trinajstić information content (AvgIpc) is 2.56. The molecule has 1 aliphatic rings. The molecule has 0 aliphatic carbocycles. The highest BCUT2D eigenvalue weighted by Gasteiger charge is 2.39. The SMILES string of the molecule is CC(CC(=O)N1CCC(C)C1C(=O)O)CC(C)(C)C. The first-order valence-corrected chi connectivity index (χ1v) is 7.14. The van der Waals surface area contributed by atoms with Crippen LogP contribution in [0.15, 0.2) is 0 Å². The third-order valence-corrected chi connectivity index (χ3v) is 3.76. The normalized spacial score (nSPS) is 25.4. The smallest absolute Gasteiger partial charge is 0.326 e. The molecule has 1 amide bonds. The zero-order valence-electron chi connectivity index (χ0n) is 12.8. The second-order valence-electron chi connectivity index (χ2n) is 7.21. The van der Waals surface area contributed by atoms with Gasteiger partial charge in [0.2, 0.25) is 5.91 Å². The summed E-state index contributed by atoms with van der Waals surface area (Å²) < 4.78 is 0. The maximum absolute atomic E-state index is 12.3. The molecule has 1 fully saturated rings. The number of carbonyl (C=O) groups is 2. The molecule has 1 N–H and O–H groups in total. The standard InChI is InChI=1S/C15H27NO3/c1-10(9-15(3,4)5)8-12(17)16-7-6-11(2)13(16)14(18)19/h10-11,13H,6-9H2,1-5H3,(H,18,19). The van der Waals surface area contributed by atoms with Gasteiger partial charge in [0, 0.05) is 13.0 Å². The van der Waals surface area contributed by atoms with Crippen LogP contribution >= 0.6 is 0 Å². The Kier molecular flexibility index (Phi) is 4.99. The maximum atomic E-state index is 12.3. The Morgan fingerprint density at radius 3 is 2.42 bits per heavy atom. The Balaban J connectivity index is 2.60. The summed E-state index contributed by atoms with van der Waals surface area (Å²) in [6.45, 7) is 11.0. The molecule has 3 unspecified atom stereocenters. The number of amides is 1. The quantitative estimate of drug-likeness (QED) is 0.853. The molecule has 19 heavy (non-hydrogen) atoms. The summed E-state index contributed by atoms with van der Waals surface area (Å²) in [4.78, 5) is 25.1. The largest absolute Gasteiger partial charge is 0.480 e. The lowest BCUT2D eigenvalue weighted by atomic mass is 9.84. The van der Waals surface area contributed by atoms with Gasteiger partial charge in [-0.05, 0) is 30.1 Å². The predicted octanol–water partition coefficient (Wildman–Crippen LogP) is 2.77. The van der Waals surface area contributed by atoms with Crippen molar-refractivity contribution in [3.63, 3.8) is 0 Å². The highest BCUT2D eigenvalue weighted by molar-refractivity contribution is 5.84. The fourth-order valence-corrected chi connectivity index (χ4v) is 3.14. The minimum absolute atomic E-state index is 0.00602. The predicted molar refractivity (Wildman–Crippen MR) is 74.8 cm³/mol. The summed E-state index contributed by atoms with van der Waals surface area (Å²) in [7, 11) is 0. The van der Waals surface area contributed by atoms with Crippen LogP contribution in [-0.4, -0.2) is 34.5 Å². The van der Waals surface area contributed by atoms with Gasteiger partial charge in [0.05, 0.1) is 0 Å². The average molecular weight is 269 g/mol. The van der Waals surface area contributed by atoms with Crippen LogP contribution in [0.5, 0.6) is 0 Å². The van der Waals surface area contributed by atoms with E-state index in [4.69, 9.17) is 0 Å². The first-order valence-electron chi connectivity index (χ1n) is 7.14. The first kappa shape index (κ1) is 16.0. The van der Waals surface area contributed by atoms with Gasteiger partial charge in [0.15, 0.2) is 0 Å². The zero-order valence-corrected chi connectivity index (χ0v) is 12.8. The first-order chi connectivity index (χ1) is 8.61. The van der Waals surface area contributed by atoms with Crippen molar-refractivity contribution in [3.05, 3.63) is 0 Å². The third-order valence-electron chi connectivity index (χ3n) is 3.76. The molecule has 1 heterocycles. The van der Waals surface area contributed by atoms with E-state index >= 15 is 0 Å². The fraction of sp³-hybridized carbons (Fsp3) is 0.867. The summed E-state index contributed by atoms with van der Waals surface area (Å²) in [5, 5.41) is 9.23. The van der Waals surface area contributed by atoms with Crippen molar-refractivity contribution >= 4 is 11.9 Å². The van der Waals surface area contributed by atoms with Crippen molar-refractivity contribution in [2.24, 2.45) is 17.3 Å². The molecular weight excluding hydrogens is 242 g/mol. The number of carboxylic acids is 1. The van der Waals surface area contributed by atoms with E-state index in [1.807, 2.05) is 6.92 Å². The van der Waals surface area contributed by atoms with Gasteiger partial charge in [-0.1, -0.05) is 34.6 Å². The van der Waals surface area contributed by atoms with E-state index in [1.54, 1.807) is 4.90 Å². The molecule has 0 aromatic carbocycles. The highest BCUT2D eigenvalue weighted by Crippen LogP contribution is 2.29. The van der Waals surface area contributed by atoms with Crippen LogP contribution in [-0.2, 0) is 9.59 Å². The van der Waals surface area contributed by atoms with Crippen molar-refractivity contribution in [2.75, 3.05) is 6.54 Å². The molecule has 0 radical (unpaired) electrons. The van der Waals surface area contributed by atoms with Crippen LogP contribution < -0.4 is 0 Å². The molecular formula is C15H27NO3. The van der Waals surface area contributed by atoms with Gasteiger partial charge in [-0.3, -0.25) is 4.79 Å². The fourth-order valence-electron chi connectivity index (χ4n) is 3.14. The molecule has 0 bridgehead atoms. The zero-order chi connectivity index (χ0) is 14.8. The van der Waals surface area contributed by atoms with Crippen molar-refractivity contribution < 1.29 is 14.7 Å². The summed E-state index contributed by atoms with van der Waals surface area (Å²) in [6.07, 6.45) is 2.21. The number of hydrogen-bond donors (Lipinski definition) is 1. The molecule has 3 atom stereocenters. The van der Waals surface area contributed by atoms with Crippen LogP contribution in [0, 0.1) is 17.3 Å². The van der Waals surface area contributed by atoms with E-state index in [-0.39, 0.29) is 23.2 Å². The topological polar surface area (TPSA) is 57.6 Å². The highest BCUT2D eigenvalue weighted by atomic mass is 16.4. The van der Waals surface area contributed by atoms with Gasteiger partial charge in [-0.15, -0.1) is 0 Å². The van der Waals surface area contributed by atoms with Gasteiger partial charge in [-0.2, -0.15) is 0 Å². The van der Waals surface area contributed by atoms with Gasteiger partial charge in [-0.25, -0.2) is 4.79 Å². The molecule has 1 aliphatic heterocycles. The Bertz CT molecular complexity index is 346. The number of rotatable bonds is 4. The van der Waals surface area contributed by atoms with Gasteiger partial charge < -0.3 is 10.0 Å². The molecule has 4 heteroatoms. The van der Waals surface area contributed by atoms with Gasteiger partial charge in [0.25, 0.3) is 0 Å². The van der Waals surface area contributed by atoms with Crippen LogP contribution in [0.3, 0.4) is 0 Å². The van der Waals surface area contributed by atoms with Crippen LogP contribution in [0.2, 0.25) is 0 Å². The van der Waals surface area contributed by atoms with E-state index in [9.17, 15) is 14.7 Å². The summed E-state index contributed by atoms with van der Waals surface area (Å²) in [6, 6.07) is -0.630. The van der Waals surface area contributed by atoms with Crippen LogP contribution in [0.1, 0.15) is 53.9 Å². The lowest BCUT2D eigenvalue weighted by molar-refractivity contribution is -0.149. The molecule has 0 aromatic rings. The molecule has 0 spiro atoms. The summed E-state index contributed by atoms with van der Waals surface area (Å²) >= 11 is 0. The summed E-state index contributed by atoms with van der Waals surface area (Å²) in [5.41, 5.74) is 0.199. The number of hydrogen-bond acceptors (Lipinski definition) is 2. The molecule has 110 valence electrons. The monoisotopic (exact) mass is 269 g/mol. The summed E-state index contributed by atoms with van der Waals surface area (Å²) in [5.74, 6) is -0.535. The Morgan fingerprint density at radius 1 is 1.37 bits per heavy atom. The van der Waals surface area contributed by atoms with Crippen molar-refractivity contribution in [3.8, 4) is 0 Å². The Hall–Kier alpha value is -1.06. The minimum atomic E-state index is -0.873. The lowest BCUT2D eigenvalue weighted by Gasteiger charge is -2.27. The lowest BCUT2D eigenvalue weighted by Crippen LogP contribution is -2.43. The van der Waals surface area contributed by atoms with Crippen molar-refractivity contribution in [1.82, 2.24) is 4.90 Å². The van der Waals surface area contributed by atoms with Crippen molar-refractivity contribution in [2.45, 2.75) is 59.9 Å². The second kappa shape index (κ2) is 5.93. The maximum Gasteiger partial charge on any atom is 0.326 e. The van der Waals surface area contributed by atoms with Crippen LogP contribution in [0.25, 0.3) is 0 Å². The van der Waals surface area contributed by atoms with Gasteiger partial charge in [0.1, 0.15) is 6.04 Å². The van der Waals surface area contributed by atoms with Gasteiger partial charge >= 0.3 is 5.97 Å². The Labute approximate surface area is 116 Å². The van der Waals surface area contributed by atoms with E-state index in [0.717, 1.165) is 12.8 Å². The number of carbonyl (C=O) groups excluding carboxylic acids is 1.